The van der Waals surface area contributed by atoms with Crippen molar-refractivity contribution in [1.29, 1.82) is 0 Å². The Hall–Kier alpha value is -0.940. The monoisotopic (exact) mass is 259 g/mol. The molecule has 17 heavy (non-hydrogen) atoms. The zero-order valence-electron chi connectivity index (χ0n) is 10.3. The van der Waals surface area contributed by atoms with E-state index in [-0.39, 0.29) is 10.9 Å². The van der Waals surface area contributed by atoms with Crippen molar-refractivity contribution in [2.24, 2.45) is 0 Å². The first-order valence-electron chi connectivity index (χ1n) is 5.54. The van der Waals surface area contributed by atoms with Gasteiger partial charge in [0.05, 0.1) is 10.1 Å². The first-order valence-corrected chi connectivity index (χ1v) is 7.09. The fourth-order valence-electron chi connectivity index (χ4n) is 1.62. The Morgan fingerprint density at radius 2 is 2.00 bits per heavy atom. The Kier molecular flexibility index (Phi) is 4.65. The summed E-state index contributed by atoms with van der Waals surface area (Å²) in [5.41, 5.74) is 0. The second-order valence-electron chi connectivity index (χ2n) is 4.24. The van der Waals surface area contributed by atoms with E-state index >= 15 is 0 Å². The number of nitrogens with one attached hydrogen (secondary N) is 1. The first-order chi connectivity index (χ1) is 7.87. The van der Waals surface area contributed by atoms with Crippen LogP contribution in [0.5, 0.6) is 0 Å². The maximum Gasteiger partial charge on any atom is 0.181 e. The molecule has 3 nitrogen and oxygen atoms in total. The van der Waals surface area contributed by atoms with E-state index in [2.05, 4.69) is 5.32 Å². The summed E-state index contributed by atoms with van der Waals surface area (Å²) < 4.78 is 37.3. The van der Waals surface area contributed by atoms with Gasteiger partial charge in [0.25, 0.3) is 0 Å². The molecular weight excluding hydrogens is 241 g/mol. The highest BCUT2D eigenvalue weighted by Crippen LogP contribution is 2.19. The van der Waals surface area contributed by atoms with E-state index in [1.165, 1.54) is 18.2 Å². The Balaban J connectivity index is 2.95. The van der Waals surface area contributed by atoms with Crippen LogP contribution < -0.4 is 5.32 Å². The standard InChI is InChI=1S/C12H18FNO2S/c1-9(14-3)7-10(2)17(15,16)12-6-4-5-11(13)8-12/h4-6,8-10,14H,7H2,1-3H3. The number of benzene rings is 1. The van der Waals surface area contributed by atoms with Crippen molar-refractivity contribution in [2.75, 3.05) is 7.05 Å². The average Bonchev–Trinajstić information content (AvgIpc) is 2.28. The van der Waals surface area contributed by atoms with Crippen LogP contribution in [0.25, 0.3) is 0 Å². The minimum atomic E-state index is -3.45. The van der Waals surface area contributed by atoms with Crippen molar-refractivity contribution >= 4 is 9.84 Å². The van der Waals surface area contributed by atoms with Crippen molar-refractivity contribution in [3.05, 3.63) is 30.1 Å². The molecule has 1 rings (SSSR count). The maximum atomic E-state index is 13.0. The molecule has 5 heteroatoms. The molecule has 0 radical (unpaired) electrons. The van der Waals surface area contributed by atoms with Gasteiger partial charge in [-0.25, -0.2) is 12.8 Å². The summed E-state index contributed by atoms with van der Waals surface area (Å²) in [5.74, 6) is -0.528. The molecule has 0 heterocycles. The molecule has 96 valence electrons. The molecule has 0 amide bonds. The predicted molar refractivity (Wildman–Crippen MR) is 66.2 cm³/mol. The second kappa shape index (κ2) is 5.60. The number of rotatable bonds is 5. The minimum Gasteiger partial charge on any atom is -0.317 e. The highest BCUT2D eigenvalue weighted by atomic mass is 32.2. The van der Waals surface area contributed by atoms with Gasteiger partial charge in [0.1, 0.15) is 5.82 Å². The van der Waals surface area contributed by atoms with Gasteiger partial charge in [0.2, 0.25) is 0 Å². The number of sulfone groups is 1. The van der Waals surface area contributed by atoms with Crippen LogP contribution in [0.3, 0.4) is 0 Å². The van der Waals surface area contributed by atoms with Gasteiger partial charge in [-0.15, -0.1) is 0 Å². The van der Waals surface area contributed by atoms with E-state index in [4.69, 9.17) is 0 Å². The zero-order chi connectivity index (χ0) is 13.1. The Labute approximate surface area is 102 Å². The fourth-order valence-corrected chi connectivity index (χ4v) is 3.17. The molecule has 1 aromatic carbocycles. The van der Waals surface area contributed by atoms with E-state index < -0.39 is 20.9 Å². The fraction of sp³-hybridized carbons (Fsp3) is 0.500. The lowest BCUT2D eigenvalue weighted by atomic mass is 10.2. The van der Waals surface area contributed by atoms with Crippen molar-refractivity contribution < 1.29 is 12.8 Å². The summed E-state index contributed by atoms with van der Waals surface area (Å²) in [6.07, 6.45) is 0.495. The Morgan fingerprint density at radius 3 is 2.53 bits per heavy atom. The molecular formula is C12H18FNO2S. The smallest absolute Gasteiger partial charge is 0.181 e. The van der Waals surface area contributed by atoms with Gasteiger partial charge < -0.3 is 5.32 Å². The quantitative estimate of drug-likeness (QED) is 0.879. The van der Waals surface area contributed by atoms with Crippen molar-refractivity contribution in [2.45, 2.75) is 36.5 Å². The van der Waals surface area contributed by atoms with E-state index in [9.17, 15) is 12.8 Å². The molecule has 0 bridgehead atoms. The van der Waals surface area contributed by atoms with Crippen LogP contribution in [0.15, 0.2) is 29.2 Å². The Morgan fingerprint density at radius 1 is 1.35 bits per heavy atom. The molecule has 0 saturated heterocycles. The van der Waals surface area contributed by atoms with Crippen molar-refractivity contribution in [3.63, 3.8) is 0 Å². The lowest BCUT2D eigenvalue weighted by Crippen LogP contribution is -2.29. The average molecular weight is 259 g/mol. The summed E-state index contributed by atoms with van der Waals surface area (Å²) in [6, 6.07) is 5.25. The molecule has 1 N–H and O–H groups in total. The van der Waals surface area contributed by atoms with Gasteiger partial charge in [0, 0.05) is 6.04 Å². The van der Waals surface area contributed by atoms with Crippen LogP contribution in [0, 0.1) is 5.82 Å². The van der Waals surface area contributed by atoms with Gasteiger partial charge in [-0.2, -0.15) is 0 Å². The van der Waals surface area contributed by atoms with E-state index in [0.717, 1.165) is 6.07 Å². The molecule has 0 fully saturated rings. The van der Waals surface area contributed by atoms with E-state index in [1.807, 2.05) is 6.92 Å². The highest BCUT2D eigenvalue weighted by molar-refractivity contribution is 7.92. The van der Waals surface area contributed by atoms with E-state index in [0.29, 0.717) is 6.42 Å². The van der Waals surface area contributed by atoms with Gasteiger partial charge in [-0.3, -0.25) is 0 Å². The summed E-state index contributed by atoms with van der Waals surface area (Å²) in [7, 11) is -1.66. The molecule has 1 aromatic rings. The largest absolute Gasteiger partial charge is 0.317 e. The molecule has 0 spiro atoms. The highest BCUT2D eigenvalue weighted by Gasteiger charge is 2.24. The number of hydrogen-bond acceptors (Lipinski definition) is 3. The molecule has 2 atom stereocenters. The lowest BCUT2D eigenvalue weighted by Gasteiger charge is -2.17. The first kappa shape index (κ1) is 14.1. The minimum absolute atomic E-state index is 0.0494. The molecule has 0 aliphatic carbocycles. The maximum absolute atomic E-state index is 13.0. The number of halogens is 1. The Bertz CT molecular complexity index is 473. The van der Waals surface area contributed by atoms with Crippen molar-refractivity contribution in [3.8, 4) is 0 Å². The third-order valence-corrected chi connectivity index (χ3v) is 5.00. The second-order valence-corrected chi connectivity index (χ2v) is 6.60. The molecule has 2 unspecified atom stereocenters. The van der Waals surface area contributed by atoms with Crippen LogP contribution in [-0.2, 0) is 9.84 Å². The van der Waals surface area contributed by atoms with Crippen LogP contribution in [0.4, 0.5) is 4.39 Å². The molecule has 0 aliphatic heterocycles. The SMILES string of the molecule is CNC(C)CC(C)S(=O)(=O)c1cccc(F)c1. The summed E-state index contributed by atoms with van der Waals surface area (Å²) in [6.45, 7) is 3.56. The topological polar surface area (TPSA) is 46.2 Å². The van der Waals surface area contributed by atoms with Gasteiger partial charge in [0.15, 0.2) is 9.84 Å². The predicted octanol–water partition coefficient (Wildman–Crippen LogP) is 1.99. The molecule has 0 aromatic heterocycles. The van der Waals surface area contributed by atoms with Crippen LogP contribution in [0.2, 0.25) is 0 Å². The van der Waals surface area contributed by atoms with Gasteiger partial charge >= 0.3 is 0 Å². The zero-order valence-corrected chi connectivity index (χ0v) is 11.1. The summed E-state index contributed by atoms with van der Waals surface area (Å²) >= 11 is 0. The van der Waals surface area contributed by atoms with Crippen LogP contribution in [0.1, 0.15) is 20.3 Å². The van der Waals surface area contributed by atoms with E-state index in [1.54, 1.807) is 14.0 Å². The lowest BCUT2D eigenvalue weighted by molar-refractivity contribution is 0.529. The normalized spacial score (nSPS) is 15.5. The summed E-state index contributed by atoms with van der Waals surface area (Å²) in [4.78, 5) is 0.0494. The molecule has 0 aliphatic rings. The van der Waals surface area contributed by atoms with Gasteiger partial charge in [-0.1, -0.05) is 6.07 Å². The van der Waals surface area contributed by atoms with Gasteiger partial charge in [-0.05, 0) is 45.5 Å². The molecule has 0 saturated carbocycles. The third-order valence-electron chi connectivity index (χ3n) is 2.83. The van der Waals surface area contributed by atoms with Crippen molar-refractivity contribution in [1.82, 2.24) is 5.32 Å². The number of hydrogen-bond donors (Lipinski definition) is 1. The van der Waals surface area contributed by atoms with Crippen LogP contribution >= 0.6 is 0 Å². The van der Waals surface area contributed by atoms with Crippen LogP contribution in [-0.4, -0.2) is 26.8 Å². The summed E-state index contributed by atoms with van der Waals surface area (Å²) in [5, 5.41) is 2.46. The third kappa shape index (κ3) is 3.51.